The third-order valence-electron chi connectivity index (χ3n) is 1.59. The zero-order chi connectivity index (χ0) is 9.30. The van der Waals surface area contributed by atoms with Gasteiger partial charge in [-0.05, 0) is 13.8 Å². The predicted octanol–water partition coefficient (Wildman–Crippen LogP) is -0.0984. The van der Waals surface area contributed by atoms with E-state index in [1.807, 2.05) is 0 Å². The second-order valence-corrected chi connectivity index (χ2v) is 2.49. The predicted molar refractivity (Wildman–Crippen MR) is 42.6 cm³/mol. The molecule has 0 aromatic heterocycles. The largest absolute Gasteiger partial charge is 0.479 e. The quantitative estimate of drug-likeness (QED) is 0.555. The number of aliphatic imine (C=N–C) groups is 2. The van der Waals surface area contributed by atoms with Crippen molar-refractivity contribution in [1.29, 1.82) is 0 Å². The van der Waals surface area contributed by atoms with Gasteiger partial charge in [0.2, 0.25) is 6.04 Å². The molecule has 1 unspecified atom stereocenters. The molecule has 5 nitrogen and oxygen atoms in total. The van der Waals surface area contributed by atoms with Gasteiger partial charge < -0.3 is 5.11 Å². The van der Waals surface area contributed by atoms with Crippen molar-refractivity contribution in [2.24, 2.45) is 9.98 Å². The number of carbonyl (C=O) groups excluding carboxylic acids is 1. The number of nitrogens with zero attached hydrogens (tertiary/aromatic N) is 2. The normalized spacial score (nSPS) is 23.2. The van der Waals surface area contributed by atoms with Crippen LogP contribution in [0.25, 0.3) is 0 Å². The topological polar surface area (TPSA) is 79.1 Å². The average Bonchev–Trinajstić information content (AvgIpc) is 1.96. The fourth-order valence-corrected chi connectivity index (χ4v) is 0.810. The van der Waals surface area contributed by atoms with E-state index in [1.165, 1.54) is 0 Å². The Kier molecular flexibility index (Phi) is 2.03. The van der Waals surface area contributed by atoms with Crippen LogP contribution in [0.2, 0.25) is 0 Å². The van der Waals surface area contributed by atoms with Crippen LogP contribution in [0, 0.1) is 0 Å². The first kappa shape index (κ1) is 8.58. The lowest BCUT2D eigenvalue weighted by molar-refractivity contribution is -0.141. The van der Waals surface area contributed by atoms with Crippen molar-refractivity contribution < 1.29 is 14.7 Å². The number of rotatable bonds is 1. The number of aliphatic carboxylic acids is 1. The smallest absolute Gasteiger partial charge is 0.338 e. The van der Waals surface area contributed by atoms with Gasteiger partial charge in [0.25, 0.3) is 5.91 Å². The number of amides is 1. The third kappa shape index (κ3) is 1.39. The Hall–Kier alpha value is -1.52. The summed E-state index contributed by atoms with van der Waals surface area (Å²) in [5.74, 6) is -1.96. The summed E-state index contributed by atoms with van der Waals surface area (Å²) >= 11 is 0. The van der Waals surface area contributed by atoms with Crippen molar-refractivity contribution in [3.05, 3.63) is 0 Å². The second kappa shape index (κ2) is 2.84. The molecule has 1 amide bonds. The van der Waals surface area contributed by atoms with Crippen LogP contribution in [-0.4, -0.2) is 34.4 Å². The van der Waals surface area contributed by atoms with E-state index in [4.69, 9.17) is 5.11 Å². The van der Waals surface area contributed by atoms with Gasteiger partial charge in [0.1, 0.15) is 0 Å². The molecular formula is C7H8N2O3. The van der Waals surface area contributed by atoms with Crippen LogP contribution in [0.4, 0.5) is 0 Å². The summed E-state index contributed by atoms with van der Waals surface area (Å²) < 4.78 is 0. The zero-order valence-electron chi connectivity index (χ0n) is 6.74. The number of hydrogen-bond donors (Lipinski definition) is 1. The van der Waals surface area contributed by atoms with Gasteiger partial charge in [0, 0.05) is 0 Å². The Labute approximate surface area is 68.8 Å². The number of carbonyl (C=O) groups is 2. The Balaban J connectivity index is 2.99. The first-order valence-corrected chi connectivity index (χ1v) is 3.39. The first-order chi connectivity index (χ1) is 5.52. The molecular weight excluding hydrogens is 160 g/mol. The van der Waals surface area contributed by atoms with E-state index < -0.39 is 17.9 Å². The lowest BCUT2D eigenvalue weighted by atomic mass is 10.2. The number of carboxylic acids is 1. The molecule has 1 atom stereocenters. The third-order valence-corrected chi connectivity index (χ3v) is 1.59. The molecule has 0 bridgehead atoms. The number of carboxylic acid groups (broad SMARTS) is 1. The summed E-state index contributed by atoms with van der Waals surface area (Å²) in [5, 5.41) is 8.52. The zero-order valence-corrected chi connectivity index (χ0v) is 6.74. The van der Waals surface area contributed by atoms with E-state index in [0.29, 0.717) is 11.4 Å². The minimum Gasteiger partial charge on any atom is -0.479 e. The molecule has 1 rings (SSSR count). The van der Waals surface area contributed by atoms with Gasteiger partial charge in [0.15, 0.2) is 0 Å². The van der Waals surface area contributed by atoms with Gasteiger partial charge >= 0.3 is 5.97 Å². The summed E-state index contributed by atoms with van der Waals surface area (Å²) in [6.07, 6.45) is 0. The van der Waals surface area contributed by atoms with Crippen molar-refractivity contribution in [3.63, 3.8) is 0 Å². The molecule has 0 aliphatic carbocycles. The molecule has 0 saturated heterocycles. The molecule has 5 heteroatoms. The van der Waals surface area contributed by atoms with Crippen LogP contribution < -0.4 is 0 Å². The first-order valence-electron chi connectivity index (χ1n) is 3.39. The van der Waals surface area contributed by atoms with Gasteiger partial charge in [-0.2, -0.15) is 0 Å². The van der Waals surface area contributed by atoms with Crippen molar-refractivity contribution in [2.75, 3.05) is 0 Å². The minimum absolute atomic E-state index is 0.484. The molecule has 0 fully saturated rings. The maximum absolute atomic E-state index is 10.9. The van der Waals surface area contributed by atoms with Crippen molar-refractivity contribution >= 4 is 23.3 Å². The van der Waals surface area contributed by atoms with Crippen LogP contribution in [0.3, 0.4) is 0 Å². The van der Waals surface area contributed by atoms with Crippen molar-refractivity contribution in [3.8, 4) is 0 Å². The fraction of sp³-hybridized carbons (Fsp3) is 0.429. The Morgan fingerprint density at radius 2 is 2.00 bits per heavy atom. The summed E-state index contributed by atoms with van der Waals surface area (Å²) in [5.41, 5.74) is 0.986. The van der Waals surface area contributed by atoms with Crippen LogP contribution in [-0.2, 0) is 9.59 Å². The molecule has 0 saturated carbocycles. The Morgan fingerprint density at radius 1 is 1.42 bits per heavy atom. The minimum atomic E-state index is -1.34. The van der Waals surface area contributed by atoms with Crippen molar-refractivity contribution in [1.82, 2.24) is 0 Å². The molecule has 0 aromatic rings. The SMILES string of the molecule is CC1=NC(=O)C(C(=O)O)N=C1C. The standard InChI is InChI=1S/C7H8N2O3/c1-3-4(2)9-6(10)5(8-3)7(11)12/h5H,1-2H3,(H,11,12). The van der Waals surface area contributed by atoms with Crippen LogP contribution in [0.1, 0.15) is 13.8 Å². The summed E-state index contributed by atoms with van der Waals surface area (Å²) in [4.78, 5) is 28.5. The lowest BCUT2D eigenvalue weighted by Gasteiger charge is -2.10. The molecule has 0 spiro atoms. The van der Waals surface area contributed by atoms with Gasteiger partial charge in [0.05, 0.1) is 11.4 Å². The summed E-state index contributed by atoms with van der Waals surface area (Å²) in [6, 6.07) is -1.34. The van der Waals surface area contributed by atoms with Gasteiger partial charge in [-0.25, -0.2) is 9.79 Å². The second-order valence-electron chi connectivity index (χ2n) is 2.49. The van der Waals surface area contributed by atoms with E-state index >= 15 is 0 Å². The molecule has 64 valence electrons. The van der Waals surface area contributed by atoms with E-state index in [-0.39, 0.29) is 0 Å². The highest BCUT2D eigenvalue weighted by molar-refractivity contribution is 6.44. The molecule has 0 aromatic carbocycles. The number of hydrogen-bond acceptors (Lipinski definition) is 3. The maximum Gasteiger partial charge on any atom is 0.338 e. The molecule has 1 heterocycles. The molecule has 1 N–H and O–H groups in total. The highest BCUT2D eigenvalue weighted by Gasteiger charge is 2.28. The average molecular weight is 168 g/mol. The van der Waals surface area contributed by atoms with Crippen molar-refractivity contribution in [2.45, 2.75) is 19.9 Å². The maximum atomic E-state index is 10.9. The van der Waals surface area contributed by atoms with E-state index in [9.17, 15) is 9.59 Å². The molecule has 1 aliphatic heterocycles. The molecule has 1 aliphatic rings. The Bertz CT molecular complexity index is 304. The van der Waals surface area contributed by atoms with Crippen LogP contribution >= 0.6 is 0 Å². The van der Waals surface area contributed by atoms with Gasteiger partial charge in [-0.3, -0.25) is 9.79 Å². The Morgan fingerprint density at radius 3 is 2.50 bits per heavy atom. The van der Waals surface area contributed by atoms with E-state index in [2.05, 4.69) is 9.98 Å². The van der Waals surface area contributed by atoms with E-state index in [0.717, 1.165) is 0 Å². The monoisotopic (exact) mass is 168 g/mol. The lowest BCUT2D eigenvalue weighted by Crippen LogP contribution is -2.33. The van der Waals surface area contributed by atoms with Crippen LogP contribution in [0.15, 0.2) is 9.98 Å². The van der Waals surface area contributed by atoms with Gasteiger partial charge in [-0.1, -0.05) is 0 Å². The van der Waals surface area contributed by atoms with E-state index in [1.54, 1.807) is 13.8 Å². The molecule has 12 heavy (non-hydrogen) atoms. The fourth-order valence-electron chi connectivity index (χ4n) is 0.810. The van der Waals surface area contributed by atoms with Gasteiger partial charge in [-0.15, -0.1) is 0 Å². The van der Waals surface area contributed by atoms with Crippen LogP contribution in [0.5, 0.6) is 0 Å². The highest BCUT2D eigenvalue weighted by Crippen LogP contribution is 2.04. The summed E-state index contributed by atoms with van der Waals surface area (Å²) in [6.45, 7) is 3.25. The summed E-state index contributed by atoms with van der Waals surface area (Å²) in [7, 11) is 0. The highest BCUT2D eigenvalue weighted by atomic mass is 16.4. The molecule has 0 radical (unpaired) electrons.